The summed E-state index contributed by atoms with van der Waals surface area (Å²) in [6.45, 7) is 0. The van der Waals surface area contributed by atoms with E-state index in [2.05, 4.69) is 211 Å². The maximum Gasteiger partial charge on any atom is 0.172 e. The van der Waals surface area contributed by atoms with Crippen LogP contribution in [0.5, 0.6) is 23.0 Å². The van der Waals surface area contributed by atoms with E-state index in [9.17, 15) is 0 Å². The highest BCUT2D eigenvalue weighted by atomic mass is 16.6. The van der Waals surface area contributed by atoms with Crippen molar-refractivity contribution in [3.05, 3.63) is 235 Å². The number of ether oxygens (including phenoxy) is 2. The first-order valence-electron chi connectivity index (χ1n) is 19.8. The normalized spacial score (nSPS) is 13.2. The molecule has 3 nitrogen and oxygen atoms in total. The highest BCUT2D eigenvalue weighted by Crippen LogP contribution is 2.64. The van der Waals surface area contributed by atoms with Crippen LogP contribution in [0.3, 0.4) is 0 Å². The van der Waals surface area contributed by atoms with Gasteiger partial charge in [-0.05, 0) is 121 Å². The van der Waals surface area contributed by atoms with Gasteiger partial charge in [-0.2, -0.15) is 0 Å². The first-order valence-corrected chi connectivity index (χ1v) is 19.8. The first-order chi connectivity index (χ1) is 28.7. The zero-order valence-electron chi connectivity index (χ0n) is 31.5. The quantitative estimate of drug-likeness (QED) is 0.175. The highest BCUT2D eigenvalue weighted by Gasteiger charge is 2.52. The summed E-state index contributed by atoms with van der Waals surface area (Å²) in [5, 5.41) is 0. The number of hydrogen-bond acceptors (Lipinski definition) is 3. The van der Waals surface area contributed by atoms with E-state index in [0.717, 1.165) is 28.4 Å². The average molecular weight is 742 g/mol. The Morgan fingerprint density at radius 1 is 0.276 bits per heavy atom. The van der Waals surface area contributed by atoms with Gasteiger partial charge in [-0.3, -0.25) is 0 Å². The van der Waals surface area contributed by atoms with Gasteiger partial charge in [0.1, 0.15) is 0 Å². The molecular formula is C55H35NO2. The van der Waals surface area contributed by atoms with Crippen LogP contribution in [0.25, 0.3) is 44.5 Å². The second-order valence-electron chi connectivity index (χ2n) is 15.2. The fourth-order valence-corrected chi connectivity index (χ4v) is 9.63. The van der Waals surface area contributed by atoms with E-state index in [1.807, 2.05) is 6.07 Å². The molecule has 0 N–H and O–H groups in total. The van der Waals surface area contributed by atoms with E-state index >= 15 is 0 Å². The molecule has 58 heavy (non-hydrogen) atoms. The molecule has 0 saturated heterocycles. The van der Waals surface area contributed by atoms with Crippen LogP contribution in [0, 0.1) is 0 Å². The minimum Gasteiger partial charge on any atom is -0.449 e. The van der Waals surface area contributed by atoms with Crippen molar-refractivity contribution in [3.8, 4) is 67.5 Å². The maximum atomic E-state index is 6.92. The number of rotatable bonds is 5. The Labute approximate surface area is 337 Å². The van der Waals surface area contributed by atoms with Crippen molar-refractivity contribution >= 4 is 17.1 Å². The van der Waals surface area contributed by atoms with Crippen molar-refractivity contribution < 1.29 is 9.47 Å². The number of fused-ring (bicyclic) bond motifs is 12. The van der Waals surface area contributed by atoms with Crippen molar-refractivity contribution in [2.45, 2.75) is 5.41 Å². The van der Waals surface area contributed by atoms with Crippen molar-refractivity contribution in [3.63, 3.8) is 0 Å². The molecule has 0 saturated carbocycles. The topological polar surface area (TPSA) is 21.7 Å². The van der Waals surface area contributed by atoms with Crippen molar-refractivity contribution in [1.82, 2.24) is 0 Å². The molecule has 12 rings (SSSR count). The molecule has 0 aromatic heterocycles. The van der Waals surface area contributed by atoms with E-state index in [1.165, 1.54) is 61.2 Å². The largest absolute Gasteiger partial charge is 0.449 e. The number of para-hydroxylation sites is 1. The minimum absolute atomic E-state index is 0.460. The van der Waals surface area contributed by atoms with Crippen molar-refractivity contribution in [2.24, 2.45) is 0 Å². The third kappa shape index (κ3) is 4.80. The Bertz CT molecular complexity index is 3020. The molecule has 9 aromatic carbocycles. The molecular weight excluding hydrogens is 707 g/mol. The fourth-order valence-electron chi connectivity index (χ4n) is 9.63. The Kier molecular flexibility index (Phi) is 7.14. The Morgan fingerprint density at radius 2 is 0.741 bits per heavy atom. The molecule has 1 heterocycles. The molecule has 0 bridgehead atoms. The second kappa shape index (κ2) is 12.7. The van der Waals surface area contributed by atoms with Gasteiger partial charge >= 0.3 is 0 Å². The standard InChI is InChI=1S/C55H35NO2/c1-3-14-36(15-4-1)38-16-13-17-39(32-38)37-26-28-41(29-27-37)56(40-18-5-2-6-19-40)42-30-31-51-52(33-42)58-54-35-50-46(34-53(54)57-51)45-22-9-12-25-49(45)55(50)47-23-10-7-20-43(47)44-21-8-11-24-48(44)55/h1-35H. The molecule has 1 spiro atoms. The van der Waals surface area contributed by atoms with Crippen LogP contribution in [-0.4, -0.2) is 0 Å². The number of nitrogens with zero attached hydrogens (tertiary/aromatic N) is 1. The van der Waals surface area contributed by atoms with Gasteiger partial charge in [0, 0.05) is 17.4 Å². The van der Waals surface area contributed by atoms with Gasteiger partial charge in [0.05, 0.1) is 11.1 Å². The predicted molar refractivity (Wildman–Crippen MR) is 235 cm³/mol. The minimum atomic E-state index is -0.460. The Hall–Kier alpha value is -7.62. The summed E-state index contributed by atoms with van der Waals surface area (Å²) < 4.78 is 13.6. The lowest BCUT2D eigenvalue weighted by atomic mass is 9.70. The van der Waals surface area contributed by atoms with Crippen LogP contribution >= 0.6 is 0 Å². The molecule has 0 unspecified atom stereocenters. The molecule has 1 aliphatic heterocycles. The SMILES string of the molecule is c1ccc(-c2cccc(-c3ccc(N(c4ccccc4)c4ccc5c(c4)Oc4cc6c(cc4O5)-c4ccccc4C64c5ccccc5-c5ccccc54)cc3)c2)cc1. The summed E-state index contributed by atoms with van der Waals surface area (Å²) in [5.41, 5.74) is 17.4. The summed E-state index contributed by atoms with van der Waals surface area (Å²) >= 11 is 0. The monoisotopic (exact) mass is 741 g/mol. The Balaban J connectivity index is 0.938. The summed E-state index contributed by atoms with van der Waals surface area (Å²) in [6.07, 6.45) is 0. The van der Waals surface area contributed by atoms with Gasteiger partial charge in [-0.25, -0.2) is 0 Å². The van der Waals surface area contributed by atoms with Crippen LogP contribution in [-0.2, 0) is 5.41 Å². The summed E-state index contributed by atoms with van der Waals surface area (Å²) in [5.74, 6) is 2.80. The van der Waals surface area contributed by atoms with Crippen LogP contribution < -0.4 is 14.4 Å². The lowest BCUT2D eigenvalue weighted by Crippen LogP contribution is -2.25. The smallest absolute Gasteiger partial charge is 0.172 e. The summed E-state index contributed by atoms with van der Waals surface area (Å²) in [7, 11) is 0. The fraction of sp³-hybridized carbons (Fsp3) is 0.0182. The van der Waals surface area contributed by atoms with E-state index in [1.54, 1.807) is 0 Å². The molecule has 9 aromatic rings. The van der Waals surface area contributed by atoms with Crippen molar-refractivity contribution in [1.29, 1.82) is 0 Å². The molecule has 2 aliphatic carbocycles. The molecule has 272 valence electrons. The average Bonchev–Trinajstić information content (AvgIpc) is 3.75. The van der Waals surface area contributed by atoms with Crippen molar-refractivity contribution in [2.75, 3.05) is 4.90 Å². The van der Waals surface area contributed by atoms with Gasteiger partial charge in [0.15, 0.2) is 23.0 Å². The number of hydrogen-bond donors (Lipinski definition) is 0. The van der Waals surface area contributed by atoms with Gasteiger partial charge in [0.2, 0.25) is 0 Å². The van der Waals surface area contributed by atoms with Crippen LogP contribution in [0.2, 0.25) is 0 Å². The second-order valence-corrected chi connectivity index (χ2v) is 15.2. The number of anilines is 3. The van der Waals surface area contributed by atoms with E-state index in [0.29, 0.717) is 17.2 Å². The van der Waals surface area contributed by atoms with Gasteiger partial charge in [-0.1, -0.05) is 152 Å². The molecule has 3 heteroatoms. The van der Waals surface area contributed by atoms with Crippen LogP contribution in [0.15, 0.2) is 212 Å². The maximum absolute atomic E-state index is 6.92. The highest BCUT2D eigenvalue weighted by molar-refractivity contribution is 5.96. The molecule has 3 aliphatic rings. The summed E-state index contributed by atoms with van der Waals surface area (Å²) in [4.78, 5) is 2.27. The molecule has 0 radical (unpaired) electrons. The van der Waals surface area contributed by atoms with Gasteiger partial charge in [0.25, 0.3) is 0 Å². The predicted octanol–water partition coefficient (Wildman–Crippen LogP) is 14.7. The van der Waals surface area contributed by atoms with E-state index in [-0.39, 0.29) is 0 Å². The molecule has 0 atom stereocenters. The summed E-state index contributed by atoms with van der Waals surface area (Å²) in [6, 6.07) is 75.8. The molecule has 0 amide bonds. The van der Waals surface area contributed by atoms with E-state index in [4.69, 9.17) is 9.47 Å². The first kappa shape index (κ1) is 32.6. The zero-order valence-corrected chi connectivity index (χ0v) is 31.5. The lowest BCUT2D eigenvalue weighted by Gasteiger charge is -2.31. The molecule has 0 fully saturated rings. The van der Waals surface area contributed by atoms with Gasteiger partial charge in [-0.15, -0.1) is 0 Å². The third-order valence-electron chi connectivity index (χ3n) is 12.1. The van der Waals surface area contributed by atoms with Crippen LogP contribution in [0.4, 0.5) is 17.1 Å². The van der Waals surface area contributed by atoms with Gasteiger partial charge < -0.3 is 14.4 Å². The third-order valence-corrected chi connectivity index (χ3v) is 12.1. The Morgan fingerprint density at radius 3 is 1.40 bits per heavy atom. The lowest BCUT2D eigenvalue weighted by molar-refractivity contribution is 0.359. The van der Waals surface area contributed by atoms with Crippen LogP contribution in [0.1, 0.15) is 22.3 Å². The number of benzene rings is 9. The zero-order chi connectivity index (χ0) is 38.2. The van der Waals surface area contributed by atoms with E-state index < -0.39 is 5.41 Å².